The third-order valence-electron chi connectivity index (χ3n) is 4.76. The molecule has 0 unspecified atom stereocenters. The number of likely N-dealkylation sites (tertiary alicyclic amines) is 1. The lowest BCUT2D eigenvalue weighted by molar-refractivity contribution is -0.135. The van der Waals surface area contributed by atoms with E-state index in [9.17, 15) is 14.4 Å². The number of carbonyl (C=O) groups excluding carboxylic acids is 2. The first-order valence-corrected chi connectivity index (χ1v) is 9.07. The lowest BCUT2D eigenvalue weighted by atomic mass is 9.99. The fraction of sp³-hybridized carbons (Fsp3) is 0.400. The van der Waals surface area contributed by atoms with E-state index in [-0.39, 0.29) is 18.2 Å². The van der Waals surface area contributed by atoms with Gasteiger partial charge in [-0.1, -0.05) is 25.1 Å². The van der Waals surface area contributed by atoms with Gasteiger partial charge in [0.25, 0.3) is 5.91 Å². The Labute approximate surface area is 157 Å². The highest BCUT2D eigenvalue weighted by Crippen LogP contribution is 2.16. The number of aryl methyl sites for hydroxylation is 1. The zero-order valence-corrected chi connectivity index (χ0v) is 15.6. The van der Waals surface area contributed by atoms with Crippen LogP contribution in [0.15, 0.2) is 41.2 Å². The van der Waals surface area contributed by atoms with Gasteiger partial charge in [-0.15, -0.1) is 0 Å². The van der Waals surface area contributed by atoms with E-state index in [0.717, 1.165) is 18.5 Å². The van der Waals surface area contributed by atoms with Crippen LogP contribution in [-0.4, -0.2) is 46.3 Å². The van der Waals surface area contributed by atoms with E-state index in [4.69, 9.17) is 4.74 Å². The highest BCUT2D eigenvalue weighted by molar-refractivity contribution is 5.89. The van der Waals surface area contributed by atoms with E-state index >= 15 is 0 Å². The Hall–Kier alpha value is -2.96. The van der Waals surface area contributed by atoms with Gasteiger partial charge in [-0.2, -0.15) is 5.10 Å². The van der Waals surface area contributed by atoms with Gasteiger partial charge >= 0.3 is 5.97 Å². The van der Waals surface area contributed by atoms with Crippen LogP contribution < -0.4 is 5.43 Å². The van der Waals surface area contributed by atoms with Crippen LogP contribution in [0.5, 0.6) is 0 Å². The second-order valence-electron chi connectivity index (χ2n) is 6.89. The number of hydrogen-bond donors (Lipinski definition) is 0. The molecule has 2 heterocycles. The second kappa shape index (κ2) is 8.16. The van der Waals surface area contributed by atoms with Gasteiger partial charge in [-0.3, -0.25) is 9.59 Å². The summed E-state index contributed by atoms with van der Waals surface area (Å²) in [4.78, 5) is 38.4. The summed E-state index contributed by atoms with van der Waals surface area (Å²) < 4.78 is 6.58. The third kappa shape index (κ3) is 4.42. The smallest absolute Gasteiger partial charge is 0.363 e. The van der Waals surface area contributed by atoms with Gasteiger partial charge in [-0.25, -0.2) is 9.48 Å². The minimum absolute atomic E-state index is 0.245. The van der Waals surface area contributed by atoms with Crippen molar-refractivity contribution in [3.8, 4) is 5.69 Å². The van der Waals surface area contributed by atoms with Gasteiger partial charge in [0, 0.05) is 24.8 Å². The fourth-order valence-corrected chi connectivity index (χ4v) is 3.06. The number of amides is 1. The summed E-state index contributed by atoms with van der Waals surface area (Å²) in [7, 11) is 0. The van der Waals surface area contributed by atoms with Gasteiger partial charge in [0.15, 0.2) is 6.61 Å². The van der Waals surface area contributed by atoms with Crippen LogP contribution in [0.1, 0.15) is 35.9 Å². The monoisotopic (exact) mass is 369 g/mol. The lowest BCUT2D eigenvalue weighted by Gasteiger charge is -2.30. The Kier molecular flexibility index (Phi) is 5.69. The molecule has 1 aromatic carbocycles. The largest absolute Gasteiger partial charge is 0.451 e. The first-order chi connectivity index (χ1) is 13.0. The maximum Gasteiger partial charge on any atom is 0.363 e. The van der Waals surface area contributed by atoms with Crippen LogP contribution in [0, 0.1) is 12.8 Å². The summed E-state index contributed by atoms with van der Waals surface area (Å²) in [5.41, 5.74) is 0.470. The number of esters is 1. The number of nitrogens with zero attached hydrogens (tertiary/aromatic N) is 3. The number of benzene rings is 1. The molecule has 27 heavy (non-hydrogen) atoms. The van der Waals surface area contributed by atoms with Crippen molar-refractivity contribution >= 4 is 11.9 Å². The van der Waals surface area contributed by atoms with Crippen molar-refractivity contribution in [2.45, 2.75) is 26.7 Å². The molecule has 0 radical (unpaired) electrons. The van der Waals surface area contributed by atoms with Crippen LogP contribution in [-0.2, 0) is 9.53 Å². The molecule has 1 aliphatic heterocycles. The van der Waals surface area contributed by atoms with Crippen LogP contribution in [0.4, 0.5) is 0 Å². The van der Waals surface area contributed by atoms with Crippen molar-refractivity contribution in [1.29, 1.82) is 0 Å². The highest BCUT2D eigenvalue weighted by atomic mass is 16.5. The summed E-state index contributed by atoms with van der Waals surface area (Å²) >= 11 is 0. The first kappa shape index (κ1) is 18.8. The van der Waals surface area contributed by atoms with Crippen molar-refractivity contribution in [2.75, 3.05) is 19.7 Å². The minimum Gasteiger partial charge on any atom is -0.451 e. The summed E-state index contributed by atoms with van der Waals surface area (Å²) in [6.07, 6.45) is 1.89. The van der Waals surface area contributed by atoms with Crippen LogP contribution in [0.3, 0.4) is 0 Å². The van der Waals surface area contributed by atoms with E-state index in [1.165, 1.54) is 10.7 Å². The zero-order valence-electron chi connectivity index (χ0n) is 15.6. The van der Waals surface area contributed by atoms with Crippen LogP contribution >= 0.6 is 0 Å². The topological polar surface area (TPSA) is 81.5 Å². The molecule has 0 saturated carbocycles. The predicted octanol–water partition coefficient (Wildman–Crippen LogP) is 1.96. The lowest BCUT2D eigenvalue weighted by Crippen LogP contribution is -2.40. The maximum atomic E-state index is 12.3. The van der Waals surface area contributed by atoms with Crippen molar-refractivity contribution < 1.29 is 14.3 Å². The average molecular weight is 369 g/mol. The number of hydrogen-bond acceptors (Lipinski definition) is 5. The Bertz CT molecular complexity index is 884. The van der Waals surface area contributed by atoms with Gasteiger partial charge in [0.05, 0.1) is 5.69 Å². The number of carbonyl (C=O) groups is 2. The first-order valence-electron chi connectivity index (χ1n) is 9.07. The molecule has 2 aromatic rings. The van der Waals surface area contributed by atoms with Gasteiger partial charge < -0.3 is 9.64 Å². The molecule has 7 heteroatoms. The normalized spacial score (nSPS) is 14.8. The van der Waals surface area contributed by atoms with E-state index in [1.54, 1.807) is 11.8 Å². The van der Waals surface area contributed by atoms with Crippen molar-refractivity contribution in [1.82, 2.24) is 14.7 Å². The number of aromatic nitrogens is 2. The molecule has 1 saturated heterocycles. The molecule has 142 valence electrons. The Morgan fingerprint density at radius 2 is 1.85 bits per heavy atom. The number of piperidine rings is 1. The zero-order chi connectivity index (χ0) is 19.4. The molecule has 0 N–H and O–H groups in total. The van der Waals surface area contributed by atoms with Gasteiger partial charge in [-0.05, 0) is 37.8 Å². The molecule has 3 rings (SSSR count). The molecule has 0 aliphatic carbocycles. The molecular formula is C20H23N3O4. The molecule has 7 nitrogen and oxygen atoms in total. The Balaban J connectivity index is 1.71. The second-order valence-corrected chi connectivity index (χ2v) is 6.89. The number of ether oxygens (including phenoxy) is 1. The molecule has 1 aliphatic rings. The summed E-state index contributed by atoms with van der Waals surface area (Å²) in [6.45, 7) is 4.84. The highest BCUT2D eigenvalue weighted by Gasteiger charge is 2.23. The van der Waals surface area contributed by atoms with E-state index in [1.807, 2.05) is 30.3 Å². The molecule has 0 bridgehead atoms. The van der Waals surface area contributed by atoms with Crippen molar-refractivity contribution in [3.05, 3.63) is 58.0 Å². The quantitative estimate of drug-likeness (QED) is 0.770. The Morgan fingerprint density at radius 1 is 1.19 bits per heavy atom. The van der Waals surface area contributed by atoms with E-state index in [2.05, 4.69) is 12.0 Å². The molecule has 1 fully saturated rings. The SMILES string of the molecule is Cc1cc(=O)c(C(=O)OCC(=O)N2CCC(C)CC2)nn1-c1ccccc1. The average Bonchev–Trinajstić information content (AvgIpc) is 2.67. The summed E-state index contributed by atoms with van der Waals surface area (Å²) in [6, 6.07) is 10.5. The van der Waals surface area contributed by atoms with Gasteiger partial charge in [0.2, 0.25) is 11.1 Å². The van der Waals surface area contributed by atoms with Crippen molar-refractivity contribution in [3.63, 3.8) is 0 Å². The Morgan fingerprint density at radius 3 is 2.52 bits per heavy atom. The van der Waals surface area contributed by atoms with Gasteiger partial charge in [0.1, 0.15) is 0 Å². The standard InChI is InChI=1S/C20H23N3O4/c1-14-8-10-22(11-9-14)18(25)13-27-20(26)19-17(24)12-15(2)23(21-19)16-6-4-3-5-7-16/h3-7,12,14H,8-11,13H2,1-2H3. The van der Waals surface area contributed by atoms with Crippen LogP contribution in [0.25, 0.3) is 5.69 Å². The van der Waals surface area contributed by atoms with E-state index in [0.29, 0.717) is 24.7 Å². The number of rotatable bonds is 4. The molecular weight excluding hydrogens is 346 g/mol. The van der Waals surface area contributed by atoms with E-state index < -0.39 is 11.4 Å². The molecule has 1 aromatic heterocycles. The number of para-hydroxylation sites is 1. The maximum absolute atomic E-state index is 12.3. The third-order valence-corrected chi connectivity index (χ3v) is 4.76. The van der Waals surface area contributed by atoms with Crippen molar-refractivity contribution in [2.24, 2.45) is 5.92 Å². The summed E-state index contributed by atoms with van der Waals surface area (Å²) in [5.74, 6) is -0.529. The molecule has 0 atom stereocenters. The molecule has 1 amide bonds. The molecule has 0 spiro atoms. The summed E-state index contributed by atoms with van der Waals surface area (Å²) in [5, 5.41) is 4.15. The van der Waals surface area contributed by atoms with Crippen LogP contribution in [0.2, 0.25) is 0 Å². The minimum atomic E-state index is -0.886. The fourth-order valence-electron chi connectivity index (χ4n) is 3.06. The predicted molar refractivity (Wildman–Crippen MR) is 99.8 cm³/mol.